The fourth-order valence-corrected chi connectivity index (χ4v) is 4.68. The van der Waals surface area contributed by atoms with Gasteiger partial charge in [-0.3, -0.25) is 0 Å². The summed E-state index contributed by atoms with van der Waals surface area (Å²) in [5.41, 5.74) is 3.43. The fourth-order valence-electron chi connectivity index (χ4n) is 4.68. The fraction of sp³-hybridized carbons (Fsp3) is 0.680. The minimum Gasteiger partial charge on any atom is -0.192 e. The molecule has 1 aliphatic carbocycles. The van der Waals surface area contributed by atoms with Gasteiger partial charge in [0.25, 0.3) is 0 Å². The van der Waals surface area contributed by atoms with Gasteiger partial charge < -0.3 is 0 Å². The second kappa shape index (κ2) is 11.8. The van der Waals surface area contributed by atoms with Crippen LogP contribution in [0.15, 0.2) is 12.1 Å². The zero-order valence-corrected chi connectivity index (χ0v) is 17.4. The molecule has 0 unspecified atom stereocenters. The van der Waals surface area contributed by atoms with Crippen LogP contribution in [0, 0.1) is 34.5 Å². The molecule has 2 rings (SSSR count). The van der Waals surface area contributed by atoms with E-state index in [-0.39, 0.29) is 0 Å². The zero-order chi connectivity index (χ0) is 19.5. The van der Waals surface area contributed by atoms with Gasteiger partial charge in [0.2, 0.25) is 0 Å². The van der Waals surface area contributed by atoms with E-state index in [9.17, 15) is 10.5 Å². The van der Waals surface area contributed by atoms with Gasteiger partial charge in [-0.05, 0) is 48.6 Å². The van der Waals surface area contributed by atoms with Crippen molar-refractivity contribution in [1.82, 2.24) is 0 Å². The van der Waals surface area contributed by atoms with Crippen molar-refractivity contribution in [3.63, 3.8) is 0 Å². The third-order valence-electron chi connectivity index (χ3n) is 6.39. The molecule has 2 nitrogen and oxygen atoms in total. The molecule has 1 aromatic carbocycles. The molecule has 0 heterocycles. The minimum atomic E-state index is 0.637. The van der Waals surface area contributed by atoms with Crippen LogP contribution in [0.25, 0.3) is 0 Å². The molecule has 146 valence electrons. The molecule has 0 aromatic heterocycles. The summed E-state index contributed by atoms with van der Waals surface area (Å²) in [7, 11) is 0. The Bertz CT molecular complexity index is 654. The molecule has 1 fully saturated rings. The van der Waals surface area contributed by atoms with Gasteiger partial charge in [0, 0.05) is 0 Å². The number of unbranched alkanes of at least 4 members (excludes halogenated alkanes) is 3. The van der Waals surface area contributed by atoms with Crippen LogP contribution in [-0.2, 0) is 12.8 Å². The second-order valence-electron chi connectivity index (χ2n) is 8.38. The molecule has 0 amide bonds. The van der Waals surface area contributed by atoms with Crippen molar-refractivity contribution in [1.29, 1.82) is 10.5 Å². The molecule has 0 spiro atoms. The molecule has 1 aromatic rings. The Labute approximate surface area is 166 Å². The highest BCUT2D eigenvalue weighted by Crippen LogP contribution is 2.34. The Hall–Kier alpha value is -1.80. The van der Waals surface area contributed by atoms with Crippen molar-refractivity contribution >= 4 is 0 Å². The maximum Gasteiger partial charge on any atom is 0.101 e. The van der Waals surface area contributed by atoms with Crippen LogP contribution in [-0.4, -0.2) is 0 Å². The second-order valence-corrected chi connectivity index (χ2v) is 8.38. The lowest BCUT2D eigenvalue weighted by Gasteiger charge is -2.28. The minimum absolute atomic E-state index is 0.637. The topological polar surface area (TPSA) is 47.6 Å². The lowest BCUT2D eigenvalue weighted by Crippen LogP contribution is -2.15. The summed E-state index contributed by atoms with van der Waals surface area (Å²) in [5, 5.41) is 19.3. The van der Waals surface area contributed by atoms with E-state index in [1.807, 2.05) is 0 Å². The molecule has 2 heteroatoms. The zero-order valence-electron chi connectivity index (χ0n) is 17.4. The maximum atomic E-state index is 9.69. The van der Waals surface area contributed by atoms with E-state index in [0.29, 0.717) is 11.1 Å². The highest BCUT2D eigenvalue weighted by atomic mass is 14.3. The largest absolute Gasteiger partial charge is 0.192 e. The Morgan fingerprint density at radius 3 is 1.81 bits per heavy atom. The highest BCUT2D eigenvalue weighted by molar-refractivity contribution is 5.54. The summed E-state index contributed by atoms with van der Waals surface area (Å²) in [5.74, 6) is 1.74. The summed E-state index contributed by atoms with van der Waals surface area (Å²) in [6, 6.07) is 8.91. The Morgan fingerprint density at radius 1 is 0.741 bits per heavy atom. The Balaban J connectivity index is 1.97. The molecule has 27 heavy (non-hydrogen) atoms. The first-order valence-corrected chi connectivity index (χ1v) is 11.2. The number of nitrogens with zero attached hydrogens (tertiary/aromatic N) is 2. The van der Waals surface area contributed by atoms with Crippen LogP contribution in [0.5, 0.6) is 0 Å². The molecule has 0 aliphatic heterocycles. The number of hydrogen-bond acceptors (Lipinski definition) is 2. The van der Waals surface area contributed by atoms with E-state index in [4.69, 9.17) is 0 Å². The summed E-state index contributed by atoms with van der Waals surface area (Å²) < 4.78 is 0. The first kappa shape index (κ1) is 21.5. The third kappa shape index (κ3) is 6.39. The lowest BCUT2D eigenvalue weighted by atomic mass is 9.77. The Kier molecular flexibility index (Phi) is 9.41. The number of nitriles is 2. The molecule has 1 aliphatic rings. The number of aryl methyl sites for hydroxylation is 2. The van der Waals surface area contributed by atoms with E-state index in [0.717, 1.165) is 48.6 Å². The molecule has 0 N–H and O–H groups in total. The summed E-state index contributed by atoms with van der Waals surface area (Å²) in [6.45, 7) is 4.50. The highest BCUT2D eigenvalue weighted by Gasteiger charge is 2.21. The molecular formula is C25H36N2. The average Bonchev–Trinajstić information content (AvgIpc) is 2.70. The van der Waals surface area contributed by atoms with E-state index in [1.165, 1.54) is 57.8 Å². The van der Waals surface area contributed by atoms with Crippen molar-refractivity contribution in [2.45, 2.75) is 97.3 Å². The predicted molar refractivity (Wildman–Crippen MR) is 112 cm³/mol. The molecule has 0 bridgehead atoms. The third-order valence-corrected chi connectivity index (χ3v) is 6.39. The molecule has 0 radical (unpaired) electrons. The molecular weight excluding hydrogens is 328 g/mol. The van der Waals surface area contributed by atoms with Gasteiger partial charge in [-0.25, -0.2) is 0 Å². The normalized spacial score (nSPS) is 19.4. The quantitative estimate of drug-likeness (QED) is 0.416. The van der Waals surface area contributed by atoms with Gasteiger partial charge >= 0.3 is 0 Å². The summed E-state index contributed by atoms with van der Waals surface area (Å²) in [4.78, 5) is 0. The number of benzene rings is 1. The Morgan fingerprint density at radius 2 is 1.30 bits per heavy atom. The summed E-state index contributed by atoms with van der Waals surface area (Å²) >= 11 is 0. The van der Waals surface area contributed by atoms with Gasteiger partial charge in [-0.1, -0.05) is 83.8 Å². The van der Waals surface area contributed by atoms with Crippen LogP contribution < -0.4 is 0 Å². The monoisotopic (exact) mass is 364 g/mol. The van der Waals surface area contributed by atoms with E-state index < -0.39 is 0 Å². The van der Waals surface area contributed by atoms with Crippen LogP contribution in [0.4, 0.5) is 0 Å². The van der Waals surface area contributed by atoms with Crippen molar-refractivity contribution in [2.24, 2.45) is 11.8 Å². The van der Waals surface area contributed by atoms with Crippen LogP contribution in [0.1, 0.15) is 107 Å². The van der Waals surface area contributed by atoms with Gasteiger partial charge in [-0.2, -0.15) is 10.5 Å². The van der Waals surface area contributed by atoms with Gasteiger partial charge in [0.05, 0.1) is 11.1 Å². The van der Waals surface area contributed by atoms with E-state index in [2.05, 4.69) is 38.1 Å². The van der Waals surface area contributed by atoms with Crippen molar-refractivity contribution in [2.75, 3.05) is 0 Å². The lowest BCUT2D eigenvalue weighted by molar-refractivity contribution is 0.252. The standard InChI is InChI=1S/C25H36N2/c1-3-5-6-7-9-22-16-17-23(25(19-27)24(22)18-26)15-14-21-12-10-20(8-4-2)11-13-21/h16-17,20-21H,3-15H2,1-2H3/t20-,21-. The SMILES string of the molecule is CCCCCCc1ccc(CC[C@H]2CC[C@H](CCC)CC2)c(C#N)c1C#N. The van der Waals surface area contributed by atoms with Crippen molar-refractivity contribution in [3.8, 4) is 12.1 Å². The van der Waals surface area contributed by atoms with E-state index in [1.54, 1.807) is 0 Å². The molecule has 0 saturated heterocycles. The first-order valence-electron chi connectivity index (χ1n) is 11.2. The van der Waals surface area contributed by atoms with Crippen molar-refractivity contribution in [3.05, 3.63) is 34.4 Å². The first-order chi connectivity index (χ1) is 13.2. The smallest absolute Gasteiger partial charge is 0.101 e. The predicted octanol–water partition coefficient (Wildman–Crippen LogP) is 7.09. The van der Waals surface area contributed by atoms with Gasteiger partial charge in [0.1, 0.15) is 12.1 Å². The van der Waals surface area contributed by atoms with Crippen LogP contribution >= 0.6 is 0 Å². The number of hydrogen-bond donors (Lipinski definition) is 0. The number of rotatable bonds is 10. The van der Waals surface area contributed by atoms with Crippen molar-refractivity contribution < 1.29 is 0 Å². The molecule has 0 atom stereocenters. The van der Waals surface area contributed by atoms with Crippen LogP contribution in [0.2, 0.25) is 0 Å². The van der Waals surface area contributed by atoms with Crippen LogP contribution in [0.3, 0.4) is 0 Å². The summed E-state index contributed by atoms with van der Waals surface area (Å²) in [6.07, 6.45) is 15.9. The average molecular weight is 365 g/mol. The van der Waals surface area contributed by atoms with Gasteiger partial charge in [0.15, 0.2) is 0 Å². The van der Waals surface area contributed by atoms with Gasteiger partial charge in [-0.15, -0.1) is 0 Å². The van der Waals surface area contributed by atoms with E-state index >= 15 is 0 Å². The maximum absolute atomic E-state index is 9.69. The molecule has 1 saturated carbocycles.